The van der Waals surface area contributed by atoms with Crippen LogP contribution in [0.3, 0.4) is 0 Å². The van der Waals surface area contributed by atoms with E-state index in [1.807, 2.05) is 12.1 Å². The minimum Gasteiger partial charge on any atom is -0.507 e. The third-order valence-electron chi connectivity index (χ3n) is 7.36. The molecule has 0 amide bonds. The van der Waals surface area contributed by atoms with Crippen molar-refractivity contribution in [2.45, 2.75) is 62.8 Å². The molecule has 2 fully saturated rings. The lowest BCUT2D eigenvalue weighted by Gasteiger charge is -2.48. The molecule has 2 N–H and O–H groups in total. The van der Waals surface area contributed by atoms with E-state index in [0.717, 1.165) is 43.4 Å². The zero-order chi connectivity index (χ0) is 23.1. The van der Waals surface area contributed by atoms with Gasteiger partial charge in [0.2, 0.25) is 0 Å². The molecule has 7 nitrogen and oxygen atoms in total. The molecule has 0 spiro atoms. The van der Waals surface area contributed by atoms with E-state index < -0.39 is 12.1 Å². The summed E-state index contributed by atoms with van der Waals surface area (Å²) in [7, 11) is 3.21. The van der Waals surface area contributed by atoms with Gasteiger partial charge in [0.1, 0.15) is 11.9 Å². The third kappa shape index (κ3) is 4.04. The Kier molecular flexibility index (Phi) is 5.93. The van der Waals surface area contributed by atoms with Crippen molar-refractivity contribution in [1.29, 1.82) is 0 Å². The Labute approximate surface area is 193 Å². The second-order valence-corrected chi connectivity index (χ2v) is 9.28. The van der Waals surface area contributed by atoms with Gasteiger partial charge in [-0.15, -0.1) is 0 Å². The van der Waals surface area contributed by atoms with Gasteiger partial charge in [0, 0.05) is 30.5 Å². The van der Waals surface area contributed by atoms with Crippen LogP contribution in [0.5, 0.6) is 17.2 Å². The number of carbonyl (C=O) groups excluding carboxylic acids is 1. The van der Waals surface area contributed by atoms with Crippen LogP contribution in [-0.4, -0.2) is 54.0 Å². The van der Waals surface area contributed by atoms with Crippen LogP contribution in [0.2, 0.25) is 0 Å². The first-order valence-electron chi connectivity index (χ1n) is 11.7. The van der Waals surface area contributed by atoms with Gasteiger partial charge in [-0.3, -0.25) is 9.69 Å². The molecule has 0 unspecified atom stereocenters. The molecule has 0 radical (unpaired) electrons. The fraction of sp³-hybridized carbons (Fsp3) is 0.500. The summed E-state index contributed by atoms with van der Waals surface area (Å²) >= 11 is 0. The number of fused-ring (bicyclic) bond motifs is 9. The monoisotopic (exact) mass is 453 g/mol. The summed E-state index contributed by atoms with van der Waals surface area (Å²) < 4.78 is 17.1. The number of phenols is 1. The fourth-order valence-corrected chi connectivity index (χ4v) is 5.76. The van der Waals surface area contributed by atoms with Crippen LogP contribution in [0.15, 0.2) is 30.3 Å². The summed E-state index contributed by atoms with van der Waals surface area (Å²) in [6.45, 7) is 0.981. The van der Waals surface area contributed by atoms with Gasteiger partial charge in [-0.2, -0.15) is 0 Å². The molecule has 3 heterocycles. The molecular formula is C26H31NO6. The van der Waals surface area contributed by atoms with E-state index in [4.69, 9.17) is 14.2 Å². The summed E-state index contributed by atoms with van der Waals surface area (Å²) in [5, 5.41) is 21.6. The number of phenolic OH excluding ortho intramolecular Hbond substituents is 1. The number of nitrogens with zero attached hydrogens (tertiary/aromatic N) is 1. The van der Waals surface area contributed by atoms with Crippen molar-refractivity contribution in [1.82, 2.24) is 4.90 Å². The molecule has 2 saturated heterocycles. The molecule has 176 valence electrons. The predicted molar refractivity (Wildman–Crippen MR) is 122 cm³/mol. The smallest absolute Gasteiger partial charge is 0.309 e. The van der Waals surface area contributed by atoms with Gasteiger partial charge in [-0.05, 0) is 60.3 Å². The Morgan fingerprint density at radius 3 is 2.61 bits per heavy atom. The molecule has 33 heavy (non-hydrogen) atoms. The highest BCUT2D eigenvalue weighted by Gasteiger charge is 2.41. The average molecular weight is 454 g/mol. The van der Waals surface area contributed by atoms with Crippen molar-refractivity contribution in [2.75, 3.05) is 20.8 Å². The molecule has 3 aliphatic heterocycles. The Morgan fingerprint density at radius 1 is 1.03 bits per heavy atom. The number of aliphatic hydroxyl groups is 1. The van der Waals surface area contributed by atoms with E-state index in [0.29, 0.717) is 35.1 Å². The van der Waals surface area contributed by atoms with Crippen molar-refractivity contribution in [2.24, 2.45) is 0 Å². The fourth-order valence-electron chi connectivity index (χ4n) is 5.76. The number of methoxy groups -OCH3 is 2. The average Bonchev–Trinajstić information content (AvgIpc) is 2.82. The Hall–Kier alpha value is -2.77. The third-order valence-corrected chi connectivity index (χ3v) is 7.36. The van der Waals surface area contributed by atoms with Crippen LogP contribution < -0.4 is 9.47 Å². The van der Waals surface area contributed by atoms with E-state index in [1.54, 1.807) is 32.4 Å². The zero-order valence-electron chi connectivity index (χ0n) is 19.1. The first-order valence-corrected chi connectivity index (χ1v) is 11.7. The van der Waals surface area contributed by atoms with Gasteiger partial charge in [0.25, 0.3) is 0 Å². The van der Waals surface area contributed by atoms with Crippen molar-refractivity contribution in [3.8, 4) is 28.4 Å². The number of piperidine rings is 2. The molecule has 4 atom stereocenters. The molecule has 0 saturated carbocycles. The van der Waals surface area contributed by atoms with Crippen molar-refractivity contribution in [3.63, 3.8) is 0 Å². The number of ether oxygens (including phenoxy) is 3. The zero-order valence-corrected chi connectivity index (χ0v) is 19.1. The first kappa shape index (κ1) is 22.0. The molecule has 2 aromatic rings. The van der Waals surface area contributed by atoms with Crippen LogP contribution in [0.1, 0.15) is 61.8 Å². The predicted octanol–water partition coefficient (Wildman–Crippen LogP) is 4.11. The lowest BCUT2D eigenvalue weighted by atomic mass is 9.81. The van der Waals surface area contributed by atoms with E-state index in [9.17, 15) is 15.0 Å². The van der Waals surface area contributed by atoms with Gasteiger partial charge < -0.3 is 24.4 Å². The van der Waals surface area contributed by atoms with Gasteiger partial charge in [-0.25, -0.2) is 0 Å². The largest absolute Gasteiger partial charge is 0.507 e. The van der Waals surface area contributed by atoms with Gasteiger partial charge in [0.05, 0.1) is 26.7 Å². The lowest BCUT2D eigenvalue weighted by molar-refractivity contribution is -0.157. The normalized spacial score (nSPS) is 27.3. The van der Waals surface area contributed by atoms with Crippen molar-refractivity contribution >= 4 is 5.97 Å². The second-order valence-electron chi connectivity index (χ2n) is 9.28. The second kappa shape index (κ2) is 8.88. The summed E-state index contributed by atoms with van der Waals surface area (Å²) in [4.78, 5) is 15.2. The Balaban J connectivity index is 1.75. The van der Waals surface area contributed by atoms with Gasteiger partial charge >= 0.3 is 5.97 Å². The van der Waals surface area contributed by atoms with E-state index >= 15 is 0 Å². The molecule has 0 aliphatic carbocycles. The first-order chi connectivity index (χ1) is 16.0. The number of esters is 1. The number of hydrogen-bond donors (Lipinski definition) is 2. The minimum atomic E-state index is -1.01. The van der Waals surface area contributed by atoms with E-state index in [1.165, 1.54) is 0 Å². The van der Waals surface area contributed by atoms with Gasteiger partial charge in [0.15, 0.2) is 11.5 Å². The molecule has 0 aromatic heterocycles. The summed E-state index contributed by atoms with van der Waals surface area (Å²) in [6.07, 6.45) is 3.47. The number of hydrogen-bond acceptors (Lipinski definition) is 7. The molecule has 3 aliphatic rings. The molecular weight excluding hydrogens is 422 g/mol. The molecule has 7 heteroatoms. The topological polar surface area (TPSA) is 88.5 Å². The van der Waals surface area contributed by atoms with E-state index in [-0.39, 0.29) is 24.3 Å². The summed E-state index contributed by atoms with van der Waals surface area (Å²) in [5.74, 6) is 0.911. The van der Waals surface area contributed by atoms with Crippen molar-refractivity contribution < 1.29 is 29.2 Å². The molecule has 4 bridgehead atoms. The highest BCUT2D eigenvalue weighted by Crippen LogP contribution is 2.48. The number of aliphatic hydroxyl groups excluding tert-OH is 1. The maximum Gasteiger partial charge on any atom is 0.309 e. The highest BCUT2D eigenvalue weighted by atomic mass is 16.5. The number of benzene rings is 2. The highest BCUT2D eigenvalue weighted by molar-refractivity contribution is 5.78. The minimum absolute atomic E-state index is 0.00376. The number of rotatable bonds is 2. The standard InChI is InChI=1S/C26H31NO6/c1-31-24-12-18-19(13-25(24)32-2)21-11-17(10-16-5-3-4-8-27(16)21)33-26(30)14-23(29)15-6-7-22(28)20(18)9-15/h6-7,9,12-13,16-17,21,23,28-29H,3-5,8,10-11,14H2,1-2H3/t16-,17+,21+,23+/m1/s1. The quantitative estimate of drug-likeness (QED) is 0.662. The number of carbonyl (C=O) groups is 1. The van der Waals surface area contributed by atoms with Gasteiger partial charge in [-0.1, -0.05) is 12.5 Å². The van der Waals surface area contributed by atoms with Crippen LogP contribution in [0.25, 0.3) is 11.1 Å². The SMILES string of the molecule is COc1cc2c(cc1OC)[C@@H]1C[C@H](C[C@H]3CCCCN31)OC(=O)C[C@H](O)c1ccc(O)c-2c1. The van der Waals surface area contributed by atoms with E-state index in [2.05, 4.69) is 4.90 Å². The van der Waals surface area contributed by atoms with Crippen LogP contribution in [0.4, 0.5) is 0 Å². The Bertz CT molecular complexity index is 1050. The number of aromatic hydroxyl groups is 1. The maximum atomic E-state index is 12.7. The molecule has 5 rings (SSSR count). The molecule has 2 aromatic carbocycles. The maximum absolute atomic E-state index is 12.7. The van der Waals surface area contributed by atoms with Crippen LogP contribution in [-0.2, 0) is 9.53 Å². The van der Waals surface area contributed by atoms with Crippen LogP contribution in [0, 0.1) is 0 Å². The lowest BCUT2D eigenvalue weighted by Crippen LogP contribution is -2.49. The summed E-state index contributed by atoms with van der Waals surface area (Å²) in [5.41, 5.74) is 3.00. The Morgan fingerprint density at radius 2 is 1.82 bits per heavy atom. The summed E-state index contributed by atoms with van der Waals surface area (Å²) in [6, 6.07) is 9.19. The van der Waals surface area contributed by atoms with Crippen molar-refractivity contribution in [3.05, 3.63) is 41.5 Å². The van der Waals surface area contributed by atoms with Crippen LogP contribution >= 0.6 is 0 Å².